The zero-order valence-electron chi connectivity index (χ0n) is 14.0. The molecule has 4 nitrogen and oxygen atoms in total. The van der Waals surface area contributed by atoms with Gasteiger partial charge >= 0.3 is 0 Å². The van der Waals surface area contributed by atoms with E-state index in [0.29, 0.717) is 11.8 Å². The molecule has 0 bridgehead atoms. The van der Waals surface area contributed by atoms with Crippen molar-refractivity contribution in [3.63, 3.8) is 0 Å². The average Bonchev–Trinajstić information content (AvgIpc) is 2.96. The van der Waals surface area contributed by atoms with E-state index in [2.05, 4.69) is 23.9 Å². The minimum absolute atomic E-state index is 0.155. The highest BCUT2D eigenvalue weighted by Crippen LogP contribution is 2.32. The summed E-state index contributed by atoms with van der Waals surface area (Å²) in [6, 6.07) is 6.29. The van der Waals surface area contributed by atoms with Gasteiger partial charge in [0.1, 0.15) is 5.82 Å². The molecule has 3 rings (SSSR count). The molecule has 0 aromatic heterocycles. The number of piperidine rings is 1. The first kappa shape index (κ1) is 16.4. The zero-order valence-corrected chi connectivity index (χ0v) is 14.0. The number of carbonyl (C=O) groups excluding carboxylic acids is 1. The van der Waals surface area contributed by atoms with E-state index >= 15 is 0 Å². The third-order valence-corrected chi connectivity index (χ3v) is 5.14. The number of likely N-dealkylation sites (N-methyl/N-ethyl adjacent to an activating group) is 1. The van der Waals surface area contributed by atoms with Gasteiger partial charge in [-0.15, -0.1) is 0 Å². The van der Waals surface area contributed by atoms with Crippen LogP contribution in [0.1, 0.15) is 16.8 Å². The summed E-state index contributed by atoms with van der Waals surface area (Å²) in [6.45, 7) is 5.85. The maximum Gasteiger partial charge on any atom is 0.256 e. The van der Waals surface area contributed by atoms with E-state index in [1.54, 1.807) is 18.2 Å². The predicted octanol–water partition coefficient (Wildman–Crippen LogP) is 1.78. The van der Waals surface area contributed by atoms with E-state index in [1.807, 2.05) is 4.90 Å². The molecule has 0 N–H and O–H groups in total. The summed E-state index contributed by atoms with van der Waals surface area (Å²) in [6.07, 6.45) is 1.14. The molecule has 0 saturated carbocycles. The lowest BCUT2D eigenvalue weighted by Gasteiger charge is -2.34. The first-order valence-corrected chi connectivity index (χ1v) is 8.45. The number of rotatable bonds is 4. The summed E-state index contributed by atoms with van der Waals surface area (Å²) in [4.78, 5) is 19.1. The maximum atomic E-state index is 13.8. The molecule has 1 amide bonds. The smallest absolute Gasteiger partial charge is 0.256 e. The number of carbonyl (C=O) groups is 1. The Labute approximate surface area is 137 Å². The van der Waals surface area contributed by atoms with Crippen molar-refractivity contribution in [1.82, 2.24) is 14.7 Å². The number of benzene rings is 1. The fourth-order valence-corrected chi connectivity index (χ4v) is 3.76. The molecule has 0 aliphatic carbocycles. The molecule has 0 unspecified atom stereocenters. The normalized spacial score (nSPS) is 25.0. The van der Waals surface area contributed by atoms with Crippen LogP contribution in [0.25, 0.3) is 0 Å². The van der Waals surface area contributed by atoms with Crippen LogP contribution in [0.15, 0.2) is 24.3 Å². The highest BCUT2D eigenvalue weighted by atomic mass is 19.1. The molecule has 23 heavy (non-hydrogen) atoms. The Hall–Kier alpha value is -1.46. The molecular weight excluding hydrogens is 293 g/mol. The Morgan fingerprint density at radius 1 is 1.22 bits per heavy atom. The van der Waals surface area contributed by atoms with Crippen LogP contribution < -0.4 is 0 Å². The second-order valence-electron chi connectivity index (χ2n) is 7.10. The van der Waals surface area contributed by atoms with E-state index in [1.165, 1.54) is 6.07 Å². The first-order chi connectivity index (χ1) is 11.0. The molecular formula is C18H26FN3O. The van der Waals surface area contributed by atoms with Crippen molar-refractivity contribution < 1.29 is 9.18 Å². The van der Waals surface area contributed by atoms with Gasteiger partial charge in [-0.3, -0.25) is 4.79 Å². The van der Waals surface area contributed by atoms with Crippen molar-refractivity contribution in [1.29, 1.82) is 0 Å². The number of nitrogens with zero attached hydrogens (tertiary/aromatic N) is 3. The van der Waals surface area contributed by atoms with Crippen molar-refractivity contribution in [2.45, 2.75) is 6.42 Å². The molecule has 2 saturated heterocycles. The van der Waals surface area contributed by atoms with Crippen LogP contribution in [0, 0.1) is 17.7 Å². The topological polar surface area (TPSA) is 26.8 Å². The molecule has 126 valence electrons. The van der Waals surface area contributed by atoms with Crippen molar-refractivity contribution in [3.8, 4) is 0 Å². The van der Waals surface area contributed by atoms with Crippen LogP contribution >= 0.6 is 0 Å². The first-order valence-electron chi connectivity index (χ1n) is 8.45. The number of halogens is 1. The summed E-state index contributed by atoms with van der Waals surface area (Å²) in [5, 5.41) is 0. The van der Waals surface area contributed by atoms with Crippen LogP contribution in [0.2, 0.25) is 0 Å². The minimum atomic E-state index is -0.417. The second kappa shape index (κ2) is 6.97. The van der Waals surface area contributed by atoms with Crippen LogP contribution in [-0.2, 0) is 0 Å². The maximum absolute atomic E-state index is 13.8. The van der Waals surface area contributed by atoms with Crippen molar-refractivity contribution in [2.24, 2.45) is 11.8 Å². The van der Waals surface area contributed by atoms with Crippen LogP contribution in [0.5, 0.6) is 0 Å². The molecule has 2 aliphatic heterocycles. The number of hydrogen-bond donors (Lipinski definition) is 0. The largest absolute Gasteiger partial charge is 0.338 e. The fourth-order valence-electron chi connectivity index (χ4n) is 3.76. The zero-order chi connectivity index (χ0) is 16.4. The summed E-state index contributed by atoms with van der Waals surface area (Å²) in [5.41, 5.74) is 0.204. The van der Waals surface area contributed by atoms with Crippen molar-refractivity contribution >= 4 is 5.91 Å². The molecule has 2 aliphatic rings. The molecule has 0 spiro atoms. The summed E-state index contributed by atoms with van der Waals surface area (Å²) >= 11 is 0. The third-order valence-electron chi connectivity index (χ3n) is 5.14. The standard InChI is InChI=1S/C18H26FN3O/c1-20(2)9-10-21-8-7-14-12-22(13-15(14)11-21)18(23)16-5-3-4-6-17(16)19/h3-6,14-15H,7-13H2,1-2H3/t14-,15+/m0/s1. The Morgan fingerprint density at radius 2 is 1.96 bits per heavy atom. The summed E-state index contributed by atoms with van der Waals surface area (Å²) in [7, 11) is 4.19. The monoisotopic (exact) mass is 319 g/mol. The van der Waals surface area contributed by atoms with Gasteiger partial charge in [0.25, 0.3) is 5.91 Å². The Kier molecular flexibility index (Phi) is 4.97. The SMILES string of the molecule is CN(C)CCN1CC[C@H]2CN(C(=O)c3ccccc3F)C[C@H]2C1. The van der Waals surface area contributed by atoms with E-state index in [0.717, 1.165) is 45.7 Å². The molecule has 0 radical (unpaired) electrons. The molecule has 1 aromatic carbocycles. The fraction of sp³-hybridized carbons (Fsp3) is 0.611. The molecule has 2 atom stereocenters. The number of likely N-dealkylation sites (tertiary alicyclic amines) is 2. The van der Waals surface area contributed by atoms with E-state index in [9.17, 15) is 9.18 Å². The van der Waals surface area contributed by atoms with Gasteiger partial charge in [0.2, 0.25) is 0 Å². The van der Waals surface area contributed by atoms with Gasteiger partial charge in [-0.25, -0.2) is 4.39 Å². The van der Waals surface area contributed by atoms with Crippen LogP contribution in [0.3, 0.4) is 0 Å². The Bertz CT molecular complexity index is 563. The van der Waals surface area contributed by atoms with Crippen LogP contribution in [0.4, 0.5) is 4.39 Å². The van der Waals surface area contributed by atoms with Gasteiger partial charge in [-0.1, -0.05) is 12.1 Å². The van der Waals surface area contributed by atoms with Gasteiger partial charge in [0.15, 0.2) is 0 Å². The number of hydrogen-bond acceptors (Lipinski definition) is 3. The molecule has 2 fully saturated rings. The number of amides is 1. The Balaban J connectivity index is 1.60. The van der Waals surface area contributed by atoms with Gasteiger partial charge in [-0.2, -0.15) is 0 Å². The second-order valence-corrected chi connectivity index (χ2v) is 7.10. The van der Waals surface area contributed by atoms with Crippen molar-refractivity contribution in [2.75, 3.05) is 53.4 Å². The average molecular weight is 319 g/mol. The summed E-state index contributed by atoms with van der Waals surface area (Å²) in [5.74, 6) is 0.528. The van der Waals surface area contributed by atoms with Crippen molar-refractivity contribution in [3.05, 3.63) is 35.6 Å². The van der Waals surface area contributed by atoms with E-state index in [4.69, 9.17) is 0 Å². The molecule has 2 heterocycles. The quantitative estimate of drug-likeness (QED) is 0.846. The predicted molar refractivity (Wildman–Crippen MR) is 88.9 cm³/mol. The third kappa shape index (κ3) is 3.72. The van der Waals surface area contributed by atoms with Gasteiger partial charge in [-0.05, 0) is 51.0 Å². The number of fused-ring (bicyclic) bond motifs is 1. The summed E-state index contributed by atoms with van der Waals surface area (Å²) < 4.78 is 13.8. The van der Waals surface area contributed by atoms with Gasteiger partial charge in [0, 0.05) is 32.7 Å². The lowest BCUT2D eigenvalue weighted by atomic mass is 9.89. The van der Waals surface area contributed by atoms with Crippen LogP contribution in [-0.4, -0.2) is 74.0 Å². The van der Waals surface area contributed by atoms with Gasteiger partial charge in [0.05, 0.1) is 5.56 Å². The molecule has 1 aromatic rings. The minimum Gasteiger partial charge on any atom is -0.338 e. The molecule has 5 heteroatoms. The Morgan fingerprint density at radius 3 is 2.70 bits per heavy atom. The van der Waals surface area contributed by atoms with E-state index < -0.39 is 5.82 Å². The lowest BCUT2D eigenvalue weighted by Crippen LogP contribution is -2.42. The highest BCUT2D eigenvalue weighted by molar-refractivity contribution is 5.94. The van der Waals surface area contributed by atoms with Gasteiger partial charge < -0.3 is 14.7 Å². The highest BCUT2D eigenvalue weighted by Gasteiger charge is 2.39. The van der Waals surface area contributed by atoms with E-state index in [-0.39, 0.29) is 11.5 Å². The lowest BCUT2D eigenvalue weighted by molar-refractivity contribution is 0.0779.